The summed E-state index contributed by atoms with van der Waals surface area (Å²) >= 11 is 0. The van der Waals surface area contributed by atoms with Crippen LogP contribution in [-0.2, 0) is 0 Å². The minimum atomic E-state index is 0.0646. The van der Waals surface area contributed by atoms with Crippen molar-refractivity contribution >= 4 is 17.8 Å². The van der Waals surface area contributed by atoms with E-state index < -0.39 is 0 Å². The Bertz CT molecular complexity index is 621. The van der Waals surface area contributed by atoms with Crippen LogP contribution in [0.1, 0.15) is 37.8 Å². The van der Waals surface area contributed by atoms with Crippen LogP contribution in [0.15, 0.2) is 42.5 Å². The molecule has 0 aliphatic rings. The van der Waals surface area contributed by atoms with Crippen LogP contribution >= 0.6 is 0 Å². The summed E-state index contributed by atoms with van der Waals surface area (Å²) < 4.78 is 0. The van der Waals surface area contributed by atoms with Gasteiger partial charge in [0.25, 0.3) is 0 Å². The zero-order valence-electron chi connectivity index (χ0n) is 13.9. The molecule has 0 heterocycles. The molecular weight excluding hydrogens is 286 g/mol. The Kier molecular flexibility index (Phi) is 6.10. The highest BCUT2D eigenvalue weighted by atomic mass is 16.3. The predicted octanol–water partition coefficient (Wildman–Crippen LogP) is 4.89. The lowest BCUT2D eigenvalue weighted by Crippen LogP contribution is -2.24. The number of nitrogens with zero attached hydrogens (tertiary/aromatic N) is 1. The van der Waals surface area contributed by atoms with Crippen molar-refractivity contribution in [3.8, 4) is 11.5 Å². The summed E-state index contributed by atoms with van der Waals surface area (Å²) in [5, 5.41) is 19.0. The molecule has 2 aromatic carbocycles. The Hall–Kier alpha value is -2.42. The van der Waals surface area contributed by atoms with Crippen molar-refractivity contribution in [3.05, 3.63) is 53.6 Å². The summed E-state index contributed by atoms with van der Waals surface area (Å²) in [5.74, 6) is 0.129. The molecule has 0 aliphatic heterocycles. The van der Waals surface area contributed by atoms with Gasteiger partial charge in [0.05, 0.1) is 0 Å². The van der Waals surface area contributed by atoms with Gasteiger partial charge in [0, 0.05) is 24.8 Å². The third-order valence-corrected chi connectivity index (χ3v) is 3.64. The smallest absolute Gasteiger partial charge is 0.119 e. The highest BCUT2D eigenvalue weighted by Gasteiger charge is 2.03. The maximum absolute atomic E-state index is 9.49. The summed E-state index contributed by atoms with van der Waals surface area (Å²) in [4.78, 5) is 2.40. The van der Waals surface area contributed by atoms with Gasteiger partial charge in [0.2, 0.25) is 0 Å². The van der Waals surface area contributed by atoms with Crippen LogP contribution in [0.2, 0.25) is 0 Å². The molecule has 0 saturated carbocycles. The van der Waals surface area contributed by atoms with Crippen LogP contribution in [-0.4, -0.2) is 23.3 Å². The zero-order chi connectivity index (χ0) is 16.7. The van der Waals surface area contributed by atoms with Crippen LogP contribution in [0.3, 0.4) is 0 Å². The quantitative estimate of drug-likeness (QED) is 0.715. The number of benzene rings is 2. The molecule has 0 unspecified atom stereocenters. The van der Waals surface area contributed by atoms with Gasteiger partial charge in [-0.15, -0.1) is 0 Å². The highest BCUT2D eigenvalue weighted by Crippen LogP contribution is 2.22. The van der Waals surface area contributed by atoms with Gasteiger partial charge in [-0.2, -0.15) is 0 Å². The van der Waals surface area contributed by atoms with E-state index in [0.29, 0.717) is 0 Å². The fourth-order valence-corrected chi connectivity index (χ4v) is 2.61. The van der Waals surface area contributed by atoms with Crippen LogP contribution in [0.25, 0.3) is 12.2 Å². The van der Waals surface area contributed by atoms with E-state index in [1.165, 1.54) is 11.8 Å². The summed E-state index contributed by atoms with van der Waals surface area (Å²) in [6, 6.07) is 13.0. The second-order valence-electron chi connectivity index (χ2n) is 5.69. The molecule has 2 rings (SSSR count). The molecule has 3 nitrogen and oxygen atoms in total. The molecule has 0 aromatic heterocycles. The highest BCUT2D eigenvalue weighted by molar-refractivity contribution is 5.71. The summed E-state index contributed by atoms with van der Waals surface area (Å²) in [6.45, 7) is 6.55. The van der Waals surface area contributed by atoms with E-state index in [4.69, 9.17) is 0 Å². The maximum atomic E-state index is 9.49. The van der Waals surface area contributed by atoms with Crippen molar-refractivity contribution in [3.63, 3.8) is 0 Å². The van der Waals surface area contributed by atoms with Gasteiger partial charge in [-0.25, -0.2) is 0 Å². The summed E-state index contributed by atoms with van der Waals surface area (Å²) in [7, 11) is 0. The number of hydrogen-bond donors (Lipinski definition) is 2. The van der Waals surface area contributed by atoms with Gasteiger partial charge in [-0.3, -0.25) is 0 Å². The van der Waals surface area contributed by atoms with Gasteiger partial charge in [0.1, 0.15) is 11.5 Å². The van der Waals surface area contributed by atoms with Crippen molar-refractivity contribution in [2.45, 2.75) is 26.7 Å². The standard InChI is InChI=1S/C20H25NO2/c1-3-11-21(12-4-2)18-9-7-16(8-10-18)5-6-17-13-19(22)15-20(23)14-17/h5-10,13-15,22-23H,3-4,11-12H2,1-2H3/b6-5+. The Morgan fingerprint density at radius 1 is 0.783 bits per heavy atom. The third-order valence-electron chi connectivity index (χ3n) is 3.64. The second kappa shape index (κ2) is 8.28. The molecule has 2 aromatic rings. The van der Waals surface area contributed by atoms with Crippen molar-refractivity contribution in [2.75, 3.05) is 18.0 Å². The van der Waals surface area contributed by atoms with Crippen molar-refractivity contribution < 1.29 is 10.2 Å². The average Bonchev–Trinajstić information content (AvgIpc) is 2.52. The van der Waals surface area contributed by atoms with Gasteiger partial charge < -0.3 is 15.1 Å². The molecule has 3 heteroatoms. The van der Waals surface area contributed by atoms with Crippen LogP contribution < -0.4 is 4.90 Å². The van der Waals surface area contributed by atoms with E-state index >= 15 is 0 Å². The van der Waals surface area contributed by atoms with Crippen molar-refractivity contribution in [1.82, 2.24) is 0 Å². The zero-order valence-corrected chi connectivity index (χ0v) is 13.9. The Morgan fingerprint density at radius 2 is 1.30 bits per heavy atom. The molecule has 0 atom stereocenters. The van der Waals surface area contributed by atoms with Gasteiger partial charge in [-0.1, -0.05) is 38.1 Å². The van der Waals surface area contributed by atoms with Crippen LogP contribution in [0.5, 0.6) is 11.5 Å². The van der Waals surface area contributed by atoms with E-state index in [2.05, 4.69) is 43.0 Å². The first-order valence-corrected chi connectivity index (χ1v) is 8.18. The first kappa shape index (κ1) is 16.9. The Balaban J connectivity index is 2.11. The predicted molar refractivity (Wildman–Crippen MR) is 97.9 cm³/mol. The van der Waals surface area contributed by atoms with E-state index in [-0.39, 0.29) is 11.5 Å². The lowest BCUT2D eigenvalue weighted by atomic mass is 10.1. The molecule has 0 aliphatic carbocycles. The van der Waals surface area contributed by atoms with Gasteiger partial charge in [-0.05, 0) is 48.2 Å². The molecule has 0 bridgehead atoms. The molecule has 0 amide bonds. The number of aromatic hydroxyl groups is 2. The average molecular weight is 311 g/mol. The molecule has 0 radical (unpaired) electrons. The molecular formula is C20H25NO2. The minimum Gasteiger partial charge on any atom is -0.508 e. The monoisotopic (exact) mass is 311 g/mol. The number of anilines is 1. The Labute approximate surface area is 138 Å². The normalized spacial score (nSPS) is 11.0. The summed E-state index contributed by atoms with van der Waals surface area (Å²) in [6.07, 6.45) is 6.14. The molecule has 23 heavy (non-hydrogen) atoms. The fraction of sp³-hybridized carbons (Fsp3) is 0.300. The second-order valence-corrected chi connectivity index (χ2v) is 5.69. The van der Waals surface area contributed by atoms with Gasteiger partial charge in [0.15, 0.2) is 0 Å². The molecule has 0 saturated heterocycles. The maximum Gasteiger partial charge on any atom is 0.119 e. The number of phenolic OH excluding ortho intramolecular Hbond substituents is 2. The molecule has 122 valence electrons. The number of rotatable bonds is 7. The fourth-order valence-electron chi connectivity index (χ4n) is 2.61. The van der Waals surface area contributed by atoms with E-state index in [9.17, 15) is 10.2 Å². The van der Waals surface area contributed by atoms with Crippen molar-refractivity contribution in [2.24, 2.45) is 0 Å². The largest absolute Gasteiger partial charge is 0.508 e. The molecule has 0 spiro atoms. The number of phenols is 2. The Morgan fingerprint density at radius 3 is 1.83 bits per heavy atom. The number of hydrogen-bond acceptors (Lipinski definition) is 3. The SMILES string of the molecule is CCCN(CCC)c1ccc(/C=C/c2cc(O)cc(O)c2)cc1. The lowest BCUT2D eigenvalue weighted by Gasteiger charge is -2.23. The first-order chi connectivity index (χ1) is 11.1. The van der Waals surface area contributed by atoms with E-state index in [1.807, 2.05) is 12.2 Å². The molecule has 2 N–H and O–H groups in total. The lowest BCUT2D eigenvalue weighted by molar-refractivity contribution is 0.450. The van der Waals surface area contributed by atoms with Crippen LogP contribution in [0, 0.1) is 0 Å². The minimum absolute atomic E-state index is 0.0646. The summed E-state index contributed by atoms with van der Waals surface area (Å²) in [5.41, 5.74) is 3.11. The topological polar surface area (TPSA) is 43.7 Å². The first-order valence-electron chi connectivity index (χ1n) is 8.18. The molecule has 0 fully saturated rings. The van der Waals surface area contributed by atoms with E-state index in [0.717, 1.165) is 37.1 Å². The van der Waals surface area contributed by atoms with Gasteiger partial charge >= 0.3 is 0 Å². The van der Waals surface area contributed by atoms with E-state index in [1.54, 1.807) is 12.1 Å². The van der Waals surface area contributed by atoms with Crippen LogP contribution in [0.4, 0.5) is 5.69 Å². The third kappa shape index (κ3) is 5.06. The van der Waals surface area contributed by atoms with Crippen molar-refractivity contribution in [1.29, 1.82) is 0 Å².